The maximum absolute atomic E-state index is 12.4. The first kappa shape index (κ1) is 13.7. The standard InChI is InChI=1S/C10H17F4NO/c11-9(12)10(13,14)7-15-5-1-3-8-4-2-6-16-8/h8-9,15H,1-7H2. The minimum Gasteiger partial charge on any atom is -0.378 e. The van der Waals surface area contributed by atoms with Crippen LogP contribution >= 0.6 is 0 Å². The van der Waals surface area contributed by atoms with Crippen molar-refractivity contribution in [2.75, 3.05) is 19.7 Å². The van der Waals surface area contributed by atoms with E-state index in [4.69, 9.17) is 4.74 Å². The average Bonchev–Trinajstić information content (AvgIpc) is 2.69. The van der Waals surface area contributed by atoms with Gasteiger partial charge in [0.15, 0.2) is 0 Å². The second kappa shape index (κ2) is 6.39. The molecule has 0 amide bonds. The molecule has 0 aliphatic carbocycles. The highest BCUT2D eigenvalue weighted by Gasteiger charge is 2.39. The van der Waals surface area contributed by atoms with Gasteiger partial charge in [0.25, 0.3) is 0 Å². The Bertz CT molecular complexity index is 195. The Morgan fingerprint density at radius 1 is 1.38 bits per heavy atom. The Morgan fingerprint density at radius 3 is 2.69 bits per heavy atom. The molecule has 1 aliphatic rings. The zero-order valence-electron chi connectivity index (χ0n) is 9.02. The molecule has 0 spiro atoms. The van der Waals surface area contributed by atoms with E-state index in [1.165, 1.54) is 0 Å². The van der Waals surface area contributed by atoms with Crippen LogP contribution < -0.4 is 5.32 Å². The Balaban J connectivity index is 1.99. The molecular formula is C10H17F4NO. The molecule has 0 aromatic heterocycles. The van der Waals surface area contributed by atoms with Crippen LogP contribution in [0.1, 0.15) is 25.7 Å². The van der Waals surface area contributed by atoms with E-state index in [0.29, 0.717) is 13.0 Å². The Kier molecular flexibility index (Phi) is 5.48. The van der Waals surface area contributed by atoms with Gasteiger partial charge in [-0.1, -0.05) is 0 Å². The van der Waals surface area contributed by atoms with Crippen molar-refractivity contribution in [1.82, 2.24) is 5.32 Å². The van der Waals surface area contributed by atoms with Crippen LogP contribution in [-0.4, -0.2) is 38.1 Å². The summed E-state index contributed by atoms with van der Waals surface area (Å²) < 4.78 is 53.7. The third-order valence-electron chi connectivity index (χ3n) is 2.58. The molecule has 0 aromatic rings. The molecule has 1 unspecified atom stereocenters. The molecule has 6 heteroatoms. The van der Waals surface area contributed by atoms with Gasteiger partial charge >= 0.3 is 12.3 Å². The van der Waals surface area contributed by atoms with E-state index in [0.717, 1.165) is 25.9 Å². The second-order valence-electron chi connectivity index (χ2n) is 4.02. The molecule has 0 aromatic carbocycles. The van der Waals surface area contributed by atoms with Gasteiger partial charge in [0.1, 0.15) is 0 Å². The summed E-state index contributed by atoms with van der Waals surface area (Å²) in [5.41, 5.74) is 0. The van der Waals surface area contributed by atoms with Gasteiger partial charge in [-0.05, 0) is 32.2 Å². The fourth-order valence-electron chi connectivity index (χ4n) is 1.66. The molecule has 1 rings (SSSR count). The molecule has 1 fully saturated rings. The number of alkyl halides is 4. The Hall–Kier alpha value is -0.360. The van der Waals surface area contributed by atoms with Gasteiger partial charge in [-0.2, -0.15) is 8.78 Å². The highest BCUT2D eigenvalue weighted by molar-refractivity contribution is 4.72. The van der Waals surface area contributed by atoms with Crippen LogP contribution in [0.5, 0.6) is 0 Å². The summed E-state index contributed by atoms with van der Waals surface area (Å²) in [5.74, 6) is -3.93. The fraction of sp³-hybridized carbons (Fsp3) is 1.00. The molecule has 1 atom stereocenters. The lowest BCUT2D eigenvalue weighted by Gasteiger charge is -2.16. The monoisotopic (exact) mass is 243 g/mol. The number of ether oxygens (including phenoxy) is 1. The zero-order chi connectivity index (χ0) is 12.0. The number of hydrogen-bond donors (Lipinski definition) is 1. The SMILES string of the molecule is FC(F)C(F)(F)CNCCCC1CCCO1. The topological polar surface area (TPSA) is 21.3 Å². The van der Waals surface area contributed by atoms with Crippen molar-refractivity contribution < 1.29 is 22.3 Å². The first-order valence-corrected chi connectivity index (χ1v) is 5.50. The summed E-state index contributed by atoms with van der Waals surface area (Å²) in [6, 6.07) is 0. The number of hydrogen-bond acceptors (Lipinski definition) is 2. The van der Waals surface area contributed by atoms with Crippen molar-refractivity contribution >= 4 is 0 Å². The van der Waals surface area contributed by atoms with Crippen LogP contribution in [0, 0.1) is 0 Å². The van der Waals surface area contributed by atoms with E-state index in [9.17, 15) is 17.6 Å². The maximum Gasteiger partial charge on any atom is 0.319 e. The molecule has 96 valence electrons. The largest absolute Gasteiger partial charge is 0.378 e. The Labute approximate surface area is 92.3 Å². The van der Waals surface area contributed by atoms with Gasteiger partial charge in [-0.25, -0.2) is 8.78 Å². The van der Waals surface area contributed by atoms with Crippen molar-refractivity contribution in [2.45, 2.75) is 44.1 Å². The summed E-state index contributed by atoms with van der Waals surface area (Å²) in [6.07, 6.45) is 0.141. The fourth-order valence-corrected chi connectivity index (χ4v) is 1.66. The highest BCUT2D eigenvalue weighted by atomic mass is 19.3. The maximum atomic E-state index is 12.4. The number of nitrogens with one attached hydrogen (secondary N) is 1. The van der Waals surface area contributed by atoms with Gasteiger partial charge in [0.2, 0.25) is 0 Å². The molecule has 0 saturated carbocycles. The van der Waals surface area contributed by atoms with Crippen LogP contribution in [0.2, 0.25) is 0 Å². The van der Waals surface area contributed by atoms with E-state index >= 15 is 0 Å². The van der Waals surface area contributed by atoms with Gasteiger partial charge in [-0.3, -0.25) is 0 Å². The number of halogens is 4. The minimum absolute atomic E-state index is 0.220. The van der Waals surface area contributed by atoms with Crippen molar-refractivity contribution in [3.63, 3.8) is 0 Å². The summed E-state index contributed by atoms with van der Waals surface area (Å²) in [5, 5.41) is 2.35. The molecule has 0 bridgehead atoms. The molecule has 1 N–H and O–H groups in total. The predicted octanol–water partition coefficient (Wildman–Crippen LogP) is 2.44. The zero-order valence-corrected chi connectivity index (χ0v) is 9.02. The van der Waals surface area contributed by atoms with Crippen LogP contribution in [0.25, 0.3) is 0 Å². The quantitative estimate of drug-likeness (QED) is 0.547. The van der Waals surface area contributed by atoms with E-state index in [1.807, 2.05) is 0 Å². The van der Waals surface area contributed by atoms with Gasteiger partial charge in [0, 0.05) is 6.61 Å². The average molecular weight is 243 g/mol. The first-order chi connectivity index (χ1) is 7.52. The molecule has 2 nitrogen and oxygen atoms in total. The molecule has 1 aliphatic heterocycles. The van der Waals surface area contributed by atoms with Crippen molar-refractivity contribution in [3.05, 3.63) is 0 Å². The van der Waals surface area contributed by atoms with Crippen molar-refractivity contribution in [3.8, 4) is 0 Å². The van der Waals surface area contributed by atoms with Crippen LogP contribution in [0.4, 0.5) is 17.6 Å². The summed E-state index contributed by atoms with van der Waals surface area (Å²) in [6.45, 7) is 0.125. The summed E-state index contributed by atoms with van der Waals surface area (Å²) >= 11 is 0. The van der Waals surface area contributed by atoms with Crippen LogP contribution in [0.15, 0.2) is 0 Å². The molecular weight excluding hydrogens is 226 g/mol. The molecule has 16 heavy (non-hydrogen) atoms. The smallest absolute Gasteiger partial charge is 0.319 e. The lowest BCUT2D eigenvalue weighted by Crippen LogP contribution is -2.39. The second-order valence-corrected chi connectivity index (χ2v) is 4.02. The van der Waals surface area contributed by atoms with Gasteiger partial charge < -0.3 is 10.1 Å². The normalized spacial score (nSPS) is 21.9. The van der Waals surface area contributed by atoms with E-state index in [2.05, 4.69) is 5.32 Å². The van der Waals surface area contributed by atoms with E-state index in [-0.39, 0.29) is 6.10 Å². The first-order valence-electron chi connectivity index (χ1n) is 5.50. The van der Waals surface area contributed by atoms with Crippen LogP contribution in [0.3, 0.4) is 0 Å². The third kappa shape index (κ3) is 4.65. The lowest BCUT2D eigenvalue weighted by atomic mass is 10.1. The van der Waals surface area contributed by atoms with Crippen molar-refractivity contribution in [1.29, 1.82) is 0 Å². The van der Waals surface area contributed by atoms with Gasteiger partial charge in [-0.15, -0.1) is 0 Å². The molecule has 1 heterocycles. The summed E-state index contributed by atoms with van der Waals surface area (Å²) in [7, 11) is 0. The number of rotatable bonds is 7. The minimum atomic E-state index is -3.93. The molecule has 0 radical (unpaired) electrons. The molecule has 1 saturated heterocycles. The predicted molar refractivity (Wildman–Crippen MR) is 52.0 cm³/mol. The van der Waals surface area contributed by atoms with Crippen LogP contribution in [-0.2, 0) is 4.74 Å². The highest BCUT2D eigenvalue weighted by Crippen LogP contribution is 2.21. The van der Waals surface area contributed by atoms with E-state index in [1.54, 1.807) is 0 Å². The van der Waals surface area contributed by atoms with E-state index < -0.39 is 18.9 Å². The third-order valence-corrected chi connectivity index (χ3v) is 2.58. The summed E-state index contributed by atoms with van der Waals surface area (Å²) in [4.78, 5) is 0. The van der Waals surface area contributed by atoms with Gasteiger partial charge in [0.05, 0.1) is 12.6 Å². The lowest BCUT2D eigenvalue weighted by molar-refractivity contribution is -0.125. The Morgan fingerprint density at radius 2 is 2.12 bits per heavy atom. The van der Waals surface area contributed by atoms with Crippen molar-refractivity contribution in [2.24, 2.45) is 0 Å².